The van der Waals surface area contributed by atoms with Crippen molar-refractivity contribution in [2.45, 2.75) is 31.2 Å². The van der Waals surface area contributed by atoms with Crippen LogP contribution in [0, 0.1) is 6.92 Å². The summed E-state index contributed by atoms with van der Waals surface area (Å²) < 4.78 is 28.4. The Labute approximate surface area is 135 Å². The molecular weight excluding hydrogens is 316 g/mol. The Balaban J connectivity index is 2.43. The number of benzene rings is 1. The normalized spacial score (nSPS) is 13.2. The van der Waals surface area contributed by atoms with E-state index in [2.05, 4.69) is 5.10 Å². The molecule has 0 fully saturated rings. The van der Waals surface area contributed by atoms with Gasteiger partial charge in [0, 0.05) is 31.9 Å². The Kier molecular flexibility index (Phi) is 4.86. The average molecular weight is 336 g/mol. The van der Waals surface area contributed by atoms with E-state index in [1.54, 1.807) is 55.2 Å². The van der Waals surface area contributed by atoms with Crippen LogP contribution in [0.2, 0.25) is 0 Å². The Morgan fingerprint density at radius 3 is 2.70 bits per heavy atom. The van der Waals surface area contributed by atoms with Crippen LogP contribution in [0.3, 0.4) is 0 Å². The second-order valence-electron chi connectivity index (χ2n) is 5.44. The highest BCUT2D eigenvalue weighted by Crippen LogP contribution is 2.24. The molecule has 2 N–H and O–H groups in total. The molecule has 0 aliphatic rings. The highest BCUT2D eigenvalue weighted by atomic mass is 32.2. The molecule has 7 nitrogen and oxygen atoms in total. The van der Waals surface area contributed by atoms with Crippen LogP contribution in [0.1, 0.15) is 18.9 Å². The highest BCUT2D eigenvalue weighted by Gasteiger charge is 2.28. The van der Waals surface area contributed by atoms with Gasteiger partial charge in [0.25, 0.3) is 0 Å². The van der Waals surface area contributed by atoms with E-state index in [-0.39, 0.29) is 11.3 Å². The maximum Gasteiger partial charge on any atom is 0.243 e. The SMILES string of the molecule is Cc1ccc(-n2cccn2)cc1S(=O)(=O)N(C)C(C)CC(N)=O. The molecule has 1 amide bonds. The lowest BCUT2D eigenvalue weighted by Gasteiger charge is -2.24. The summed E-state index contributed by atoms with van der Waals surface area (Å²) in [6, 6.07) is 6.34. The van der Waals surface area contributed by atoms with Crippen molar-refractivity contribution in [3.63, 3.8) is 0 Å². The molecule has 0 aliphatic carbocycles. The lowest BCUT2D eigenvalue weighted by molar-refractivity contribution is -0.118. The van der Waals surface area contributed by atoms with E-state index in [0.717, 1.165) is 0 Å². The van der Waals surface area contributed by atoms with Crippen LogP contribution in [0.25, 0.3) is 5.69 Å². The van der Waals surface area contributed by atoms with Crippen molar-refractivity contribution in [3.8, 4) is 5.69 Å². The predicted octanol–water partition coefficient (Wildman–Crippen LogP) is 1.07. The van der Waals surface area contributed by atoms with Gasteiger partial charge in [0.05, 0.1) is 10.6 Å². The van der Waals surface area contributed by atoms with Crippen LogP contribution >= 0.6 is 0 Å². The van der Waals surface area contributed by atoms with E-state index in [9.17, 15) is 13.2 Å². The monoisotopic (exact) mass is 336 g/mol. The Hall–Kier alpha value is -2.19. The van der Waals surface area contributed by atoms with Gasteiger partial charge < -0.3 is 5.73 Å². The van der Waals surface area contributed by atoms with Crippen molar-refractivity contribution in [2.75, 3.05) is 7.05 Å². The van der Waals surface area contributed by atoms with E-state index >= 15 is 0 Å². The molecule has 2 rings (SSSR count). The summed E-state index contributed by atoms with van der Waals surface area (Å²) in [6.07, 6.45) is 3.32. The van der Waals surface area contributed by atoms with Gasteiger partial charge in [-0.3, -0.25) is 4.79 Å². The van der Waals surface area contributed by atoms with E-state index in [1.807, 2.05) is 0 Å². The molecule has 1 aromatic carbocycles. The van der Waals surface area contributed by atoms with E-state index < -0.39 is 22.0 Å². The van der Waals surface area contributed by atoms with Crippen molar-refractivity contribution in [1.82, 2.24) is 14.1 Å². The van der Waals surface area contributed by atoms with Crippen LogP contribution in [0.5, 0.6) is 0 Å². The molecule has 1 heterocycles. The van der Waals surface area contributed by atoms with Gasteiger partial charge in [-0.15, -0.1) is 0 Å². The fourth-order valence-corrected chi connectivity index (χ4v) is 3.85. The van der Waals surface area contributed by atoms with E-state index in [4.69, 9.17) is 5.73 Å². The third kappa shape index (κ3) is 3.59. The molecule has 23 heavy (non-hydrogen) atoms. The van der Waals surface area contributed by atoms with Gasteiger partial charge in [-0.05, 0) is 37.6 Å². The number of sulfonamides is 1. The maximum atomic E-state index is 12.8. The lowest BCUT2D eigenvalue weighted by atomic mass is 10.2. The maximum absolute atomic E-state index is 12.8. The minimum absolute atomic E-state index is 0.0341. The van der Waals surface area contributed by atoms with Crippen molar-refractivity contribution in [3.05, 3.63) is 42.2 Å². The largest absolute Gasteiger partial charge is 0.370 e. The van der Waals surface area contributed by atoms with Gasteiger partial charge in [0.2, 0.25) is 15.9 Å². The number of carbonyl (C=O) groups is 1. The Morgan fingerprint density at radius 2 is 2.13 bits per heavy atom. The number of aromatic nitrogens is 2. The first kappa shape index (κ1) is 17.2. The van der Waals surface area contributed by atoms with Crippen LogP contribution in [0.4, 0.5) is 0 Å². The van der Waals surface area contributed by atoms with Crippen molar-refractivity contribution < 1.29 is 13.2 Å². The fourth-order valence-electron chi connectivity index (χ4n) is 2.24. The molecule has 0 aliphatic heterocycles. The van der Waals surface area contributed by atoms with E-state index in [0.29, 0.717) is 11.3 Å². The van der Waals surface area contributed by atoms with Crippen LogP contribution in [-0.4, -0.2) is 41.5 Å². The van der Waals surface area contributed by atoms with Gasteiger partial charge >= 0.3 is 0 Å². The third-order valence-corrected chi connectivity index (χ3v) is 5.83. The second kappa shape index (κ2) is 6.51. The molecule has 1 aromatic heterocycles. The molecule has 2 aromatic rings. The summed E-state index contributed by atoms with van der Waals surface area (Å²) in [4.78, 5) is 11.2. The number of hydrogen-bond acceptors (Lipinski definition) is 4. The Morgan fingerprint density at radius 1 is 1.43 bits per heavy atom. The summed E-state index contributed by atoms with van der Waals surface area (Å²) in [5.41, 5.74) is 6.43. The van der Waals surface area contributed by atoms with Gasteiger partial charge in [-0.25, -0.2) is 13.1 Å². The van der Waals surface area contributed by atoms with Crippen LogP contribution in [-0.2, 0) is 14.8 Å². The Bertz CT molecular complexity index is 800. The molecular formula is C15H20N4O3S. The van der Waals surface area contributed by atoms with Gasteiger partial charge in [-0.2, -0.15) is 9.40 Å². The predicted molar refractivity (Wildman–Crippen MR) is 86.5 cm³/mol. The molecule has 0 bridgehead atoms. The minimum atomic E-state index is -3.74. The zero-order valence-electron chi connectivity index (χ0n) is 13.3. The number of nitrogens with two attached hydrogens (primary N) is 1. The number of carbonyl (C=O) groups excluding carboxylic acids is 1. The topological polar surface area (TPSA) is 98.3 Å². The number of primary amides is 1. The van der Waals surface area contributed by atoms with Crippen molar-refractivity contribution in [2.24, 2.45) is 5.73 Å². The molecule has 0 saturated carbocycles. The molecule has 124 valence electrons. The lowest BCUT2D eigenvalue weighted by Crippen LogP contribution is -2.38. The van der Waals surface area contributed by atoms with Gasteiger partial charge in [0.1, 0.15) is 0 Å². The summed E-state index contributed by atoms with van der Waals surface area (Å²) in [5, 5.41) is 4.11. The molecule has 8 heteroatoms. The number of amides is 1. The fraction of sp³-hybridized carbons (Fsp3) is 0.333. The van der Waals surface area contributed by atoms with Crippen LogP contribution in [0.15, 0.2) is 41.6 Å². The minimum Gasteiger partial charge on any atom is -0.370 e. The average Bonchev–Trinajstić information content (AvgIpc) is 3.00. The number of aryl methyl sites for hydroxylation is 1. The zero-order chi connectivity index (χ0) is 17.2. The summed E-state index contributed by atoms with van der Waals surface area (Å²) in [5.74, 6) is -0.540. The molecule has 0 spiro atoms. The highest BCUT2D eigenvalue weighted by molar-refractivity contribution is 7.89. The standard InChI is InChI=1S/C15H20N4O3S/c1-11-5-6-13(19-8-4-7-17-19)10-14(11)23(21,22)18(3)12(2)9-15(16)20/h4-8,10,12H,9H2,1-3H3,(H2,16,20). The number of hydrogen-bond donors (Lipinski definition) is 1. The summed E-state index contributed by atoms with van der Waals surface area (Å²) in [7, 11) is -2.30. The van der Waals surface area contributed by atoms with Gasteiger partial charge in [-0.1, -0.05) is 6.07 Å². The van der Waals surface area contributed by atoms with Gasteiger partial charge in [0.15, 0.2) is 0 Å². The molecule has 0 saturated heterocycles. The number of rotatable bonds is 6. The number of nitrogens with zero attached hydrogens (tertiary/aromatic N) is 3. The molecule has 1 unspecified atom stereocenters. The van der Waals surface area contributed by atoms with Crippen LogP contribution < -0.4 is 5.73 Å². The van der Waals surface area contributed by atoms with Crippen molar-refractivity contribution >= 4 is 15.9 Å². The second-order valence-corrected chi connectivity index (χ2v) is 7.41. The third-order valence-electron chi connectivity index (χ3n) is 3.72. The summed E-state index contributed by atoms with van der Waals surface area (Å²) in [6.45, 7) is 3.38. The van der Waals surface area contributed by atoms with E-state index in [1.165, 1.54) is 11.4 Å². The first-order valence-electron chi connectivity index (χ1n) is 7.10. The smallest absolute Gasteiger partial charge is 0.243 e. The zero-order valence-corrected chi connectivity index (χ0v) is 14.1. The molecule has 1 atom stereocenters. The quantitative estimate of drug-likeness (QED) is 0.853. The van der Waals surface area contributed by atoms with Crippen molar-refractivity contribution in [1.29, 1.82) is 0 Å². The first-order valence-corrected chi connectivity index (χ1v) is 8.54. The first-order chi connectivity index (χ1) is 10.7. The molecule has 0 radical (unpaired) electrons. The summed E-state index contributed by atoms with van der Waals surface area (Å²) >= 11 is 0.